The second-order valence-corrected chi connectivity index (χ2v) is 6.88. The molecule has 2 aromatic rings. The second kappa shape index (κ2) is 8.35. The molecule has 1 saturated carbocycles. The molecule has 1 aliphatic carbocycles. The first-order valence-electron chi connectivity index (χ1n) is 8.29. The molecule has 1 heterocycles. The molecule has 0 spiro atoms. The molecular formula is C18H18BrFN2O4. The van der Waals surface area contributed by atoms with Gasteiger partial charge in [-0.2, -0.15) is 0 Å². The summed E-state index contributed by atoms with van der Waals surface area (Å²) in [5.41, 5.74) is 0.459. The lowest BCUT2D eigenvalue weighted by Gasteiger charge is -2.29. The van der Waals surface area contributed by atoms with Crippen molar-refractivity contribution in [2.24, 2.45) is 0 Å². The molecule has 0 saturated heterocycles. The Kier molecular flexibility index (Phi) is 5.92. The molecular weight excluding hydrogens is 407 g/mol. The van der Waals surface area contributed by atoms with E-state index in [2.05, 4.69) is 26.6 Å². The van der Waals surface area contributed by atoms with E-state index in [4.69, 9.17) is 9.15 Å². The Bertz CT molecular complexity index is 778. The number of hydrogen-bond donors (Lipinski definition) is 2. The van der Waals surface area contributed by atoms with Gasteiger partial charge < -0.3 is 14.5 Å². The van der Waals surface area contributed by atoms with Crippen LogP contribution >= 0.6 is 15.9 Å². The summed E-state index contributed by atoms with van der Waals surface area (Å²) in [6.45, 7) is 0. The van der Waals surface area contributed by atoms with Crippen molar-refractivity contribution in [2.75, 3.05) is 5.32 Å². The number of amides is 2. The monoisotopic (exact) mass is 424 g/mol. The third kappa shape index (κ3) is 5.08. The van der Waals surface area contributed by atoms with Crippen LogP contribution in [-0.2, 0) is 4.74 Å². The zero-order chi connectivity index (χ0) is 18.5. The molecule has 1 fully saturated rings. The number of benzene rings is 1. The minimum atomic E-state index is -0.594. The SMILES string of the molecule is O=C(Nc1ccc(F)cc1)O[C@@H]1CCC[C@H](NC(=O)c2ccc(Br)o2)C1. The van der Waals surface area contributed by atoms with Crippen LogP contribution in [0.2, 0.25) is 0 Å². The molecule has 0 bridgehead atoms. The van der Waals surface area contributed by atoms with Gasteiger partial charge in [0.25, 0.3) is 5.91 Å². The summed E-state index contributed by atoms with van der Waals surface area (Å²) in [5.74, 6) is -0.440. The van der Waals surface area contributed by atoms with Crippen molar-refractivity contribution in [2.45, 2.75) is 37.8 Å². The normalized spacial score (nSPS) is 19.6. The molecule has 0 radical (unpaired) electrons. The van der Waals surface area contributed by atoms with Gasteiger partial charge in [-0.3, -0.25) is 10.1 Å². The smallest absolute Gasteiger partial charge is 0.411 e. The van der Waals surface area contributed by atoms with E-state index < -0.39 is 6.09 Å². The number of furan rings is 1. The van der Waals surface area contributed by atoms with Crippen LogP contribution in [0, 0.1) is 5.82 Å². The van der Waals surface area contributed by atoms with Crippen LogP contribution in [0.25, 0.3) is 0 Å². The maximum atomic E-state index is 12.9. The first-order valence-corrected chi connectivity index (χ1v) is 9.08. The number of carbonyl (C=O) groups is 2. The largest absolute Gasteiger partial charge is 0.446 e. The maximum absolute atomic E-state index is 12.9. The van der Waals surface area contributed by atoms with Crippen LogP contribution in [0.4, 0.5) is 14.9 Å². The summed E-state index contributed by atoms with van der Waals surface area (Å²) in [6, 6.07) is 8.59. The van der Waals surface area contributed by atoms with E-state index in [0.717, 1.165) is 19.3 Å². The number of hydrogen-bond acceptors (Lipinski definition) is 4. The predicted octanol–water partition coefficient (Wildman–Crippen LogP) is 4.47. The lowest BCUT2D eigenvalue weighted by atomic mass is 9.93. The number of ether oxygens (including phenoxy) is 1. The fourth-order valence-corrected chi connectivity index (χ4v) is 3.21. The molecule has 2 atom stereocenters. The molecule has 1 aromatic heterocycles. The van der Waals surface area contributed by atoms with E-state index in [1.807, 2.05) is 0 Å². The highest BCUT2D eigenvalue weighted by molar-refractivity contribution is 9.10. The number of anilines is 1. The number of rotatable bonds is 4. The summed E-state index contributed by atoms with van der Waals surface area (Å²) < 4.78 is 24.0. The number of carbonyl (C=O) groups excluding carboxylic acids is 2. The zero-order valence-corrected chi connectivity index (χ0v) is 15.4. The van der Waals surface area contributed by atoms with Gasteiger partial charge in [0.15, 0.2) is 10.4 Å². The molecule has 2 N–H and O–H groups in total. The van der Waals surface area contributed by atoms with Crippen LogP contribution in [0.5, 0.6) is 0 Å². The Morgan fingerprint density at radius 2 is 1.92 bits per heavy atom. The summed E-state index contributed by atoms with van der Waals surface area (Å²) in [4.78, 5) is 24.1. The van der Waals surface area contributed by atoms with Crippen LogP contribution < -0.4 is 10.6 Å². The van der Waals surface area contributed by atoms with Crippen molar-refractivity contribution in [1.82, 2.24) is 5.32 Å². The molecule has 26 heavy (non-hydrogen) atoms. The maximum Gasteiger partial charge on any atom is 0.411 e. The highest BCUT2D eigenvalue weighted by atomic mass is 79.9. The molecule has 138 valence electrons. The van der Waals surface area contributed by atoms with Gasteiger partial charge in [-0.05, 0) is 71.6 Å². The van der Waals surface area contributed by atoms with Crippen molar-refractivity contribution in [3.05, 3.63) is 52.6 Å². The average molecular weight is 425 g/mol. The third-order valence-electron chi connectivity index (χ3n) is 4.12. The molecule has 2 amide bonds. The van der Waals surface area contributed by atoms with Crippen molar-refractivity contribution < 1.29 is 23.1 Å². The Morgan fingerprint density at radius 3 is 2.62 bits per heavy atom. The highest BCUT2D eigenvalue weighted by Gasteiger charge is 2.27. The minimum Gasteiger partial charge on any atom is -0.446 e. The quantitative estimate of drug-likeness (QED) is 0.758. The third-order valence-corrected chi connectivity index (χ3v) is 4.55. The molecule has 1 aliphatic rings. The highest BCUT2D eigenvalue weighted by Crippen LogP contribution is 2.23. The lowest BCUT2D eigenvalue weighted by molar-refractivity contribution is 0.0702. The van der Waals surface area contributed by atoms with Crippen LogP contribution in [-0.4, -0.2) is 24.1 Å². The van der Waals surface area contributed by atoms with Gasteiger partial charge in [-0.1, -0.05) is 0 Å². The Labute approximate surface area is 158 Å². The predicted molar refractivity (Wildman–Crippen MR) is 96.4 cm³/mol. The average Bonchev–Trinajstić information content (AvgIpc) is 3.04. The Hall–Kier alpha value is -2.35. The van der Waals surface area contributed by atoms with E-state index >= 15 is 0 Å². The molecule has 0 aliphatic heterocycles. The second-order valence-electron chi connectivity index (χ2n) is 6.10. The molecule has 6 nitrogen and oxygen atoms in total. The van der Waals surface area contributed by atoms with Crippen molar-refractivity contribution in [3.63, 3.8) is 0 Å². The van der Waals surface area contributed by atoms with Crippen molar-refractivity contribution >= 4 is 33.6 Å². The van der Waals surface area contributed by atoms with Crippen LogP contribution in [0.3, 0.4) is 0 Å². The fraction of sp³-hybridized carbons (Fsp3) is 0.333. The molecule has 3 rings (SSSR count). The van der Waals surface area contributed by atoms with Crippen LogP contribution in [0.15, 0.2) is 45.5 Å². The first-order chi connectivity index (χ1) is 12.5. The Balaban J connectivity index is 1.49. The number of halogens is 2. The van der Waals surface area contributed by atoms with Gasteiger partial charge in [-0.15, -0.1) is 0 Å². The van der Waals surface area contributed by atoms with Gasteiger partial charge in [0, 0.05) is 18.2 Å². The molecule has 1 aromatic carbocycles. The van der Waals surface area contributed by atoms with Crippen LogP contribution in [0.1, 0.15) is 36.2 Å². The van der Waals surface area contributed by atoms with Gasteiger partial charge in [0.05, 0.1) is 0 Å². The fourth-order valence-electron chi connectivity index (χ4n) is 2.91. The summed E-state index contributed by atoms with van der Waals surface area (Å²) in [6.07, 6.45) is 2.02. The lowest BCUT2D eigenvalue weighted by Crippen LogP contribution is -2.41. The molecule has 8 heteroatoms. The minimum absolute atomic E-state index is 0.0938. The number of nitrogens with one attached hydrogen (secondary N) is 2. The van der Waals surface area contributed by atoms with Gasteiger partial charge in [-0.25, -0.2) is 9.18 Å². The van der Waals surface area contributed by atoms with E-state index in [0.29, 0.717) is 16.8 Å². The zero-order valence-electron chi connectivity index (χ0n) is 13.8. The summed E-state index contributed by atoms with van der Waals surface area (Å²) >= 11 is 3.16. The first kappa shape index (κ1) is 18.4. The standard InChI is InChI=1S/C18H18BrFN2O4/c19-16-9-8-15(26-16)17(23)21-13-2-1-3-14(10-13)25-18(24)22-12-6-4-11(20)5-7-12/h4-9,13-14H,1-3,10H2,(H,21,23)(H,22,24)/t13-,14+/m0/s1. The summed E-state index contributed by atoms with van der Waals surface area (Å²) in [5, 5.41) is 5.47. The molecule has 0 unspecified atom stereocenters. The van der Waals surface area contributed by atoms with Crippen molar-refractivity contribution in [1.29, 1.82) is 0 Å². The van der Waals surface area contributed by atoms with E-state index in [1.165, 1.54) is 24.3 Å². The topological polar surface area (TPSA) is 80.6 Å². The van der Waals surface area contributed by atoms with Gasteiger partial charge in [0.2, 0.25) is 0 Å². The Morgan fingerprint density at radius 1 is 1.15 bits per heavy atom. The van der Waals surface area contributed by atoms with Gasteiger partial charge in [0.1, 0.15) is 11.9 Å². The van der Waals surface area contributed by atoms with E-state index in [1.54, 1.807) is 12.1 Å². The summed E-state index contributed by atoms with van der Waals surface area (Å²) in [7, 11) is 0. The van der Waals surface area contributed by atoms with E-state index in [-0.39, 0.29) is 29.6 Å². The van der Waals surface area contributed by atoms with Crippen molar-refractivity contribution in [3.8, 4) is 0 Å². The van der Waals surface area contributed by atoms with Gasteiger partial charge >= 0.3 is 6.09 Å². The van der Waals surface area contributed by atoms with E-state index in [9.17, 15) is 14.0 Å².